The zero-order valence-corrected chi connectivity index (χ0v) is 13.9. The molecule has 0 aliphatic carbocycles. The van der Waals surface area contributed by atoms with Gasteiger partial charge in [0.05, 0.1) is 6.54 Å². The molecular weight excluding hydrogens is 324 g/mol. The minimum absolute atomic E-state index is 0.0206. The van der Waals surface area contributed by atoms with E-state index in [0.29, 0.717) is 22.5 Å². The molecule has 0 unspecified atom stereocenters. The molecule has 0 bridgehead atoms. The first kappa shape index (κ1) is 15.6. The van der Waals surface area contributed by atoms with Crippen molar-refractivity contribution < 1.29 is 12.9 Å². The SMILES string of the molecule is Cc1noc(CN2CCC(NS(=O)(=O)c3cccs3)CC2)n1. The van der Waals surface area contributed by atoms with Crippen LogP contribution < -0.4 is 4.72 Å². The fraction of sp³-hybridized carbons (Fsp3) is 0.538. The third-order valence-electron chi connectivity index (χ3n) is 3.60. The van der Waals surface area contributed by atoms with Gasteiger partial charge >= 0.3 is 0 Å². The lowest BCUT2D eigenvalue weighted by atomic mass is 10.1. The highest BCUT2D eigenvalue weighted by Gasteiger charge is 2.25. The smallest absolute Gasteiger partial charge is 0.250 e. The van der Waals surface area contributed by atoms with Gasteiger partial charge in [0, 0.05) is 19.1 Å². The Kier molecular flexibility index (Phi) is 4.57. The molecule has 0 radical (unpaired) electrons. The number of nitrogens with zero attached hydrogens (tertiary/aromatic N) is 3. The Morgan fingerprint density at radius 1 is 1.45 bits per heavy atom. The molecule has 9 heteroatoms. The minimum Gasteiger partial charge on any atom is -0.338 e. The summed E-state index contributed by atoms with van der Waals surface area (Å²) in [6.07, 6.45) is 1.55. The number of piperidine rings is 1. The highest BCUT2D eigenvalue weighted by Crippen LogP contribution is 2.19. The van der Waals surface area contributed by atoms with E-state index in [1.54, 1.807) is 24.4 Å². The summed E-state index contributed by atoms with van der Waals surface area (Å²) in [5.41, 5.74) is 0. The predicted octanol–water partition coefficient (Wildman–Crippen LogP) is 1.38. The molecule has 22 heavy (non-hydrogen) atoms. The van der Waals surface area contributed by atoms with Crippen molar-refractivity contribution in [3.63, 3.8) is 0 Å². The Labute approximate surface area is 133 Å². The number of thiophene rings is 1. The van der Waals surface area contributed by atoms with Crippen LogP contribution in [0, 0.1) is 6.92 Å². The molecule has 0 spiro atoms. The second-order valence-electron chi connectivity index (χ2n) is 5.34. The molecule has 1 fully saturated rings. The van der Waals surface area contributed by atoms with Gasteiger partial charge in [-0.1, -0.05) is 11.2 Å². The van der Waals surface area contributed by atoms with Crippen LogP contribution in [-0.2, 0) is 16.6 Å². The molecular formula is C13H18N4O3S2. The maximum atomic E-state index is 12.2. The van der Waals surface area contributed by atoms with E-state index in [0.717, 1.165) is 25.9 Å². The normalized spacial score (nSPS) is 17.9. The Balaban J connectivity index is 1.51. The van der Waals surface area contributed by atoms with Gasteiger partial charge in [-0.2, -0.15) is 4.98 Å². The van der Waals surface area contributed by atoms with Crippen LogP contribution in [0.1, 0.15) is 24.6 Å². The summed E-state index contributed by atoms with van der Waals surface area (Å²) in [6, 6.07) is 3.35. The molecule has 1 N–H and O–H groups in total. The molecule has 1 saturated heterocycles. The summed E-state index contributed by atoms with van der Waals surface area (Å²) in [7, 11) is -3.38. The van der Waals surface area contributed by atoms with Crippen LogP contribution in [0.2, 0.25) is 0 Å². The van der Waals surface area contributed by atoms with E-state index >= 15 is 0 Å². The second-order valence-corrected chi connectivity index (χ2v) is 8.23. The van der Waals surface area contributed by atoms with Crippen molar-refractivity contribution in [3.8, 4) is 0 Å². The fourth-order valence-corrected chi connectivity index (χ4v) is 4.81. The van der Waals surface area contributed by atoms with Crippen LogP contribution in [0.5, 0.6) is 0 Å². The molecule has 1 aliphatic rings. The molecule has 0 saturated carbocycles. The number of likely N-dealkylation sites (tertiary alicyclic amines) is 1. The van der Waals surface area contributed by atoms with Crippen LogP contribution >= 0.6 is 11.3 Å². The van der Waals surface area contributed by atoms with Crippen molar-refractivity contribution in [2.24, 2.45) is 0 Å². The number of sulfonamides is 1. The van der Waals surface area contributed by atoms with Crippen molar-refractivity contribution >= 4 is 21.4 Å². The number of hydrogen-bond acceptors (Lipinski definition) is 7. The largest absolute Gasteiger partial charge is 0.338 e. The maximum Gasteiger partial charge on any atom is 0.250 e. The first-order chi connectivity index (χ1) is 10.5. The average Bonchev–Trinajstić information content (AvgIpc) is 3.13. The van der Waals surface area contributed by atoms with E-state index < -0.39 is 10.0 Å². The third-order valence-corrected chi connectivity index (χ3v) is 6.52. The number of aryl methyl sites for hydroxylation is 1. The number of aromatic nitrogens is 2. The summed E-state index contributed by atoms with van der Waals surface area (Å²) in [4.78, 5) is 6.38. The zero-order chi connectivity index (χ0) is 15.6. The van der Waals surface area contributed by atoms with Crippen LogP contribution in [0.4, 0.5) is 0 Å². The Morgan fingerprint density at radius 2 is 2.23 bits per heavy atom. The molecule has 3 heterocycles. The lowest BCUT2D eigenvalue weighted by Crippen LogP contribution is -2.44. The van der Waals surface area contributed by atoms with Crippen molar-refractivity contribution in [2.75, 3.05) is 13.1 Å². The highest BCUT2D eigenvalue weighted by atomic mass is 32.2. The molecule has 120 valence electrons. The van der Waals surface area contributed by atoms with E-state index in [4.69, 9.17) is 4.52 Å². The third kappa shape index (κ3) is 3.72. The summed E-state index contributed by atoms with van der Waals surface area (Å²) in [6.45, 7) is 4.02. The first-order valence-electron chi connectivity index (χ1n) is 7.10. The summed E-state index contributed by atoms with van der Waals surface area (Å²) < 4.78 is 32.7. The molecule has 0 amide bonds. The van der Waals surface area contributed by atoms with Gasteiger partial charge in [0.2, 0.25) is 15.9 Å². The van der Waals surface area contributed by atoms with Gasteiger partial charge in [-0.15, -0.1) is 11.3 Å². The van der Waals surface area contributed by atoms with Crippen molar-refractivity contribution in [1.82, 2.24) is 19.8 Å². The summed E-state index contributed by atoms with van der Waals surface area (Å²) in [5, 5.41) is 5.54. The molecule has 2 aromatic heterocycles. The Bertz CT molecular complexity index is 703. The Hall–Kier alpha value is -1.29. The lowest BCUT2D eigenvalue weighted by Gasteiger charge is -2.31. The van der Waals surface area contributed by atoms with Gasteiger partial charge in [0.15, 0.2) is 5.82 Å². The van der Waals surface area contributed by atoms with Gasteiger partial charge in [0.25, 0.3) is 0 Å². The quantitative estimate of drug-likeness (QED) is 0.883. The van der Waals surface area contributed by atoms with Crippen molar-refractivity contribution in [1.29, 1.82) is 0 Å². The molecule has 7 nitrogen and oxygen atoms in total. The van der Waals surface area contributed by atoms with Crippen molar-refractivity contribution in [3.05, 3.63) is 29.2 Å². The van der Waals surface area contributed by atoms with Gasteiger partial charge < -0.3 is 4.52 Å². The predicted molar refractivity (Wildman–Crippen MR) is 82.0 cm³/mol. The topological polar surface area (TPSA) is 88.3 Å². The molecule has 0 atom stereocenters. The molecule has 1 aliphatic heterocycles. The van der Waals surface area contributed by atoms with Crippen LogP contribution in [0.25, 0.3) is 0 Å². The maximum absolute atomic E-state index is 12.2. The van der Waals surface area contributed by atoms with E-state index in [9.17, 15) is 8.42 Å². The fourth-order valence-electron chi connectivity index (χ4n) is 2.50. The lowest BCUT2D eigenvalue weighted by molar-refractivity contribution is 0.177. The molecule has 2 aromatic rings. The molecule has 0 aromatic carbocycles. The zero-order valence-electron chi connectivity index (χ0n) is 12.2. The number of nitrogens with one attached hydrogen (secondary N) is 1. The van der Waals surface area contributed by atoms with E-state index in [2.05, 4.69) is 19.8 Å². The van der Waals surface area contributed by atoms with Gasteiger partial charge in [-0.05, 0) is 31.2 Å². The Morgan fingerprint density at radius 3 is 2.82 bits per heavy atom. The highest BCUT2D eigenvalue weighted by molar-refractivity contribution is 7.91. The number of rotatable bonds is 5. The van der Waals surface area contributed by atoms with E-state index in [1.807, 2.05) is 0 Å². The van der Waals surface area contributed by atoms with Gasteiger partial charge in [0.1, 0.15) is 4.21 Å². The second kappa shape index (κ2) is 6.45. The average molecular weight is 342 g/mol. The number of hydrogen-bond donors (Lipinski definition) is 1. The summed E-state index contributed by atoms with van der Waals surface area (Å²) >= 11 is 1.23. The van der Waals surface area contributed by atoms with Crippen LogP contribution in [-0.4, -0.2) is 42.6 Å². The minimum atomic E-state index is -3.38. The van der Waals surface area contributed by atoms with E-state index in [-0.39, 0.29) is 6.04 Å². The monoisotopic (exact) mass is 342 g/mol. The van der Waals surface area contributed by atoms with Crippen molar-refractivity contribution in [2.45, 2.75) is 36.6 Å². The van der Waals surface area contributed by atoms with Crippen LogP contribution in [0.15, 0.2) is 26.2 Å². The molecule has 3 rings (SSSR count). The van der Waals surface area contributed by atoms with Gasteiger partial charge in [-0.3, -0.25) is 4.90 Å². The van der Waals surface area contributed by atoms with Crippen LogP contribution in [0.3, 0.4) is 0 Å². The standard InChI is InChI=1S/C13H18N4O3S2/c1-10-14-12(20-15-10)9-17-6-4-11(5-7-17)16-22(18,19)13-3-2-8-21-13/h2-3,8,11,16H,4-7,9H2,1H3. The first-order valence-corrected chi connectivity index (χ1v) is 9.46. The van der Waals surface area contributed by atoms with E-state index in [1.165, 1.54) is 11.3 Å². The summed E-state index contributed by atoms with van der Waals surface area (Å²) in [5.74, 6) is 1.24. The van der Waals surface area contributed by atoms with Gasteiger partial charge in [-0.25, -0.2) is 13.1 Å².